The fourth-order valence-corrected chi connectivity index (χ4v) is 5.31. The van der Waals surface area contributed by atoms with Crippen LogP contribution in [0.1, 0.15) is 40.2 Å². The number of nitrogens with one attached hydrogen (secondary N) is 1. The van der Waals surface area contributed by atoms with E-state index >= 15 is 0 Å². The Morgan fingerprint density at radius 1 is 1.21 bits per heavy atom. The van der Waals surface area contributed by atoms with Crippen LogP contribution in [0.25, 0.3) is 10.9 Å². The first-order valence-electron chi connectivity index (χ1n) is 13.9. The van der Waals surface area contributed by atoms with Gasteiger partial charge in [-0.3, -0.25) is 24.0 Å². The van der Waals surface area contributed by atoms with Crippen LogP contribution in [0, 0.1) is 12.3 Å². The van der Waals surface area contributed by atoms with E-state index in [-0.39, 0.29) is 17.6 Å². The second-order valence-electron chi connectivity index (χ2n) is 10.5. The standard InChI is InChI=1S/C32H33ClN6O3/c1-3-13-39(25-8-6-23(7-9-25)31(41)35-19-22-5-4-12-34-18-22)20-24-16-27-29(17-28(24)33)36-30(37(2)32(27)42)21-38-14-10-26(40)11-15-38/h1,4-9,12,16-18,26,40H,10-11,13-15,19-21H2,2H3,(H,35,41). The van der Waals surface area contributed by atoms with Crippen LogP contribution in [0.3, 0.4) is 0 Å². The van der Waals surface area contributed by atoms with Gasteiger partial charge in [-0.2, -0.15) is 0 Å². The molecular formula is C32H33ClN6O3. The van der Waals surface area contributed by atoms with Gasteiger partial charge in [0.1, 0.15) is 5.82 Å². The number of carbonyl (C=O) groups excluding carboxylic acids is 1. The van der Waals surface area contributed by atoms with Crippen LogP contribution in [0.4, 0.5) is 5.69 Å². The van der Waals surface area contributed by atoms with Gasteiger partial charge in [0.15, 0.2) is 0 Å². The van der Waals surface area contributed by atoms with Gasteiger partial charge in [-0.05, 0) is 66.4 Å². The van der Waals surface area contributed by atoms with Crippen LogP contribution in [0.2, 0.25) is 5.02 Å². The molecule has 0 aliphatic carbocycles. The number of likely N-dealkylation sites (tertiary alicyclic amines) is 1. The first kappa shape index (κ1) is 29.3. The third kappa shape index (κ3) is 6.80. The molecule has 1 aliphatic rings. The number of anilines is 1. The highest BCUT2D eigenvalue weighted by molar-refractivity contribution is 6.32. The van der Waals surface area contributed by atoms with Crippen LogP contribution >= 0.6 is 11.6 Å². The van der Waals surface area contributed by atoms with Gasteiger partial charge in [0.25, 0.3) is 11.5 Å². The number of aliphatic hydroxyl groups is 1. The molecule has 4 aromatic rings. The number of fused-ring (bicyclic) bond motifs is 1. The predicted octanol–water partition coefficient (Wildman–Crippen LogP) is 3.51. The highest BCUT2D eigenvalue weighted by atomic mass is 35.5. The van der Waals surface area contributed by atoms with E-state index < -0.39 is 0 Å². The average Bonchev–Trinajstić information content (AvgIpc) is 3.00. The summed E-state index contributed by atoms with van der Waals surface area (Å²) in [6.45, 7) is 3.11. The lowest BCUT2D eigenvalue weighted by molar-refractivity contribution is 0.0775. The number of pyridine rings is 1. The van der Waals surface area contributed by atoms with Gasteiger partial charge < -0.3 is 15.3 Å². The molecule has 10 heteroatoms. The quantitative estimate of drug-likeness (QED) is 0.290. The van der Waals surface area contributed by atoms with Crippen LogP contribution in [-0.4, -0.2) is 56.2 Å². The van der Waals surface area contributed by atoms with Gasteiger partial charge in [-0.25, -0.2) is 4.98 Å². The summed E-state index contributed by atoms with van der Waals surface area (Å²) in [7, 11) is 1.73. The maximum Gasteiger partial charge on any atom is 0.261 e. The molecule has 0 spiro atoms. The average molecular weight is 585 g/mol. The first-order chi connectivity index (χ1) is 20.3. The van der Waals surface area contributed by atoms with Gasteiger partial charge in [0.05, 0.1) is 30.1 Å². The molecule has 42 heavy (non-hydrogen) atoms. The number of nitrogens with zero attached hydrogens (tertiary/aromatic N) is 5. The normalized spacial score (nSPS) is 14.0. The summed E-state index contributed by atoms with van der Waals surface area (Å²) in [5.41, 5.74) is 3.41. The van der Waals surface area contributed by atoms with Crippen molar-refractivity contribution in [2.24, 2.45) is 7.05 Å². The highest BCUT2D eigenvalue weighted by Gasteiger charge is 2.20. The lowest BCUT2D eigenvalue weighted by atomic mass is 10.1. The Morgan fingerprint density at radius 2 is 1.98 bits per heavy atom. The van der Waals surface area contributed by atoms with Crippen molar-refractivity contribution < 1.29 is 9.90 Å². The predicted molar refractivity (Wildman–Crippen MR) is 164 cm³/mol. The Bertz CT molecular complexity index is 1660. The van der Waals surface area contributed by atoms with Crippen molar-refractivity contribution in [3.63, 3.8) is 0 Å². The number of piperidine rings is 1. The molecule has 2 aromatic heterocycles. The topological polar surface area (TPSA) is 104 Å². The Morgan fingerprint density at radius 3 is 2.67 bits per heavy atom. The van der Waals surface area contributed by atoms with Crippen molar-refractivity contribution in [1.82, 2.24) is 24.8 Å². The molecule has 1 aliphatic heterocycles. The van der Waals surface area contributed by atoms with E-state index in [1.165, 1.54) is 0 Å². The molecule has 216 valence electrons. The molecule has 0 bridgehead atoms. The maximum atomic E-state index is 13.4. The number of hydrogen-bond acceptors (Lipinski definition) is 7. The maximum absolute atomic E-state index is 13.4. The fraction of sp³-hybridized carbons (Fsp3) is 0.312. The van der Waals surface area contributed by atoms with E-state index in [1.807, 2.05) is 29.2 Å². The number of aliphatic hydroxyl groups excluding tert-OH is 1. The largest absolute Gasteiger partial charge is 0.393 e. The summed E-state index contributed by atoms with van der Waals surface area (Å²) in [5.74, 6) is 3.16. The number of rotatable bonds is 9. The minimum atomic E-state index is -0.263. The molecule has 9 nitrogen and oxygen atoms in total. The second-order valence-corrected chi connectivity index (χ2v) is 10.9. The van der Waals surface area contributed by atoms with Crippen molar-refractivity contribution in [3.05, 3.63) is 98.8 Å². The number of amides is 1. The molecule has 0 atom stereocenters. The Labute approximate surface area is 249 Å². The molecule has 0 radical (unpaired) electrons. The molecule has 1 saturated heterocycles. The molecule has 5 rings (SSSR count). The summed E-state index contributed by atoms with van der Waals surface area (Å²) in [6, 6.07) is 14.5. The summed E-state index contributed by atoms with van der Waals surface area (Å²) in [6.07, 6.45) is 10.3. The van der Waals surface area contributed by atoms with E-state index in [0.29, 0.717) is 66.3 Å². The third-order valence-electron chi connectivity index (χ3n) is 7.57. The zero-order valence-corrected chi connectivity index (χ0v) is 24.2. The van der Waals surface area contributed by atoms with Gasteiger partial charge in [-0.1, -0.05) is 23.6 Å². The summed E-state index contributed by atoms with van der Waals surface area (Å²) >= 11 is 6.72. The molecule has 3 heterocycles. The number of hydrogen-bond donors (Lipinski definition) is 2. The SMILES string of the molecule is C#CCN(Cc1cc2c(=O)n(C)c(CN3CCC(O)CC3)nc2cc1Cl)c1ccc(C(=O)NCc2cccnc2)cc1. The van der Waals surface area contributed by atoms with E-state index in [1.54, 1.807) is 48.3 Å². The van der Waals surface area contributed by atoms with Gasteiger partial charge in [-0.15, -0.1) is 6.42 Å². The second kappa shape index (κ2) is 13.2. The molecule has 1 amide bonds. The summed E-state index contributed by atoms with van der Waals surface area (Å²) < 4.78 is 1.59. The van der Waals surface area contributed by atoms with E-state index in [9.17, 15) is 14.7 Å². The molecule has 2 N–H and O–H groups in total. The van der Waals surface area contributed by atoms with Crippen LogP contribution in [0.15, 0.2) is 65.7 Å². The van der Waals surface area contributed by atoms with Crippen LogP contribution in [-0.2, 0) is 26.7 Å². The molecule has 2 aromatic carbocycles. The zero-order chi connectivity index (χ0) is 29.6. The monoisotopic (exact) mass is 584 g/mol. The van der Waals surface area contributed by atoms with E-state index in [0.717, 1.165) is 29.9 Å². The first-order valence-corrected chi connectivity index (χ1v) is 14.2. The van der Waals surface area contributed by atoms with Crippen molar-refractivity contribution >= 4 is 34.1 Å². The molecule has 0 unspecified atom stereocenters. The fourth-order valence-electron chi connectivity index (χ4n) is 5.09. The minimum absolute atomic E-state index is 0.143. The van der Waals surface area contributed by atoms with E-state index in [2.05, 4.69) is 21.1 Å². The molecule has 0 saturated carbocycles. The number of halogens is 1. The number of carbonyl (C=O) groups is 1. The molecule has 1 fully saturated rings. The van der Waals surface area contributed by atoms with Crippen molar-refractivity contribution in [1.29, 1.82) is 0 Å². The summed E-state index contributed by atoms with van der Waals surface area (Å²) in [5, 5.41) is 13.7. The third-order valence-corrected chi connectivity index (χ3v) is 7.92. The van der Waals surface area contributed by atoms with Crippen molar-refractivity contribution in [2.45, 2.75) is 38.6 Å². The molecular weight excluding hydrogens is 552 g/mol. The highest BCUT2D eigenvalue weighted by Crippen LogP contribution is 2.26. The number of terminal acetylenes is 1. The van der Waals surface area contributed by atoms with Gasteiger partial charge in [0.2, 0.25) is 0 Å². The van der Waals surface area contributed by atoms with Gasteiger partial charge in [0, 0.05) is 61.9 Å². The lowest BCUT2D eigenvalue weighted by Crippen LogP contribution is -2.37. The number of aromatic nitrogens is 3. The number of benzene rings is 2. The Hall–Kier alpha value is -4.23. The Kier molecular flexibility index (Phi) is 9.18. The van der Waals surface area contributed by atoms with Crippen LogP contribution < -0.4 is 15.8 Å². The lowest BCUT2D eigenvalue weighted by Gasteiger charge is -2.29. The van der Waals surface area contributed by atoms with Gasteiger partial charge >= 0.3 is 0 Å². The van der Waals surface area contributed by atoms with Crippen molar-refractivity contribution in [2.75, 3.05) is 24.5 Å². The Balaban J connectivity index is 1.33. The summed E-state index contributed by atoms with van der Waals surface area (Å²) in [4.78, 5) is 39.0. The van der Waals surface area contributed by atoms with Crippen LogP contribution in [0.5, 0.6) is 0 Å². The zero-order valence-electron chi connectivity index (χ0n) is 23.5. The smallest absolute Gasteiger partial charge is 0.261 e. The van der Waals surface area contributed by atoms with E-state index in [4.69, 9.17) is 23.0 Å². The minimum Gasteiger partial charge on any atom is -0.393 e. The van der Waals surface area contributed by atoms with Crippen molar-refractivity contribution in [3.8, 4) is 12.3 Å².